The van der Waals surface area contributed by atoms with E-state index in [2.05, 4.69) is 10.3 Å². The molecule has 0 aromatic carbocycles. The molecule has 1 aromatic heterocycles. The third kappa shape index (κ3) is 2.56. The van der Waals surface area contributed by atoms with Gasteiger partial charge in [-0.3, -0.25) is 14.3 Å². The van der Waals surface area contributed by atoms with E-state index in [1.807, 2.05) is 0 Å². The number of hydrogen-bond acceptors (Lipinski definition) is 5. The molecule has 0 amide bonds. The first-order valence-electron chi connectivity index (χ1n) is 6.00. The van der Waals surface area contributed by atoms with Crippen molar-refractivity contribution >= 4 is 11.5 Å². The van der Waals surface area contributed by atoms with Crippen LogP contribution in [0.15, 0.2) is 9.59 Å². The minimum absolute atomic E-state index is 0.153. The largest absolute Gasteiger partial charge is 0.383 e. The number of H-pyrrole nitrogens is 1. The van der Waals surface area contributed by atoms with Crippen LogP contribution in [0.4, 0.5) is 11.5 Å². The molecule has 100 valence electrons. The van der Waals surface area contributed by atoms with Gasteiger partial charge < -0.3 is 15.8 Å². The fraction of sp³-hybridized carbons (Fsp3) is 0.636. The lowest BCUT2D eigenvalue weighted by atomic mass is 10.0. The van der Waals surface area contributed by atoms with E-state index in [-0.39, 0.29) is 11.5 Å². The van der Waals surface area contributed by atoms with Crippen molar-refractivity contribution in [3.63, 3.8) is 0 Å². The zero-order valence-electron chi connectivity index (χ0n) is 10.4. The second kappa shape index (κ2) is 5.26. The number of nitrogens with two attached hydrogens (primary N) is 1. The van der Waals surface area contributed by atoms with Gasteiger partial charge in [-0.25, -0.2) is 4.79 Å². The molecule has 0 radical (unpaired) electrons. The van der Waals surface area contributed by atoms with E-state index in [0.29, 0.717) is 19.1 Å². The van der Waals surface area contributed by atoms with Gasteiger partial charge in [0.15, 0.2) is 0 Å². The Hall–Kier alpha value is -1.76. The van der Waals surface area contributed by atoms with Crippen LogP contribution in [0.2, 0.25) is 0 Å². The molecule has 0 spiro atoms. The van der Waals surface area contributed by atoms with Crippen LogP contribution >= 0.6 is 0 Å². The van der Waals surface area contributed by atoms with Gasteiger partial charge in [-0.05, 0) is 18.8 Å². The average Bonchev–Trinajstić information content (AvgIpc) is 2.37. The van der Waals surface area contributed by atoms with Gasteiger partial charge in [-0.15, -0.1) is 0 Å². The van der Waals surface area contributed by atoms with E-state index in [4.69, 9.17) is 10.5 Å². The monoisotopic (exact) mass is 254 g/mol. The first kappa shape index (κ1) is 12.7. The smallest absolute Gasteiger partial charge is 0.329 e. The summed E-state index contributed by atoms with van der Waals surface area (Å²) in [6.45, 7) is 2.11. The lowest BCUT2D eigenvalue weighted by Gasteiger charge is -2.22. The van der Waals surface area contributed by atoms with Crippen LogP contribution in [0.25, 0.3) is 0 Å². The van der Waals surface area contributed by atoms with E-state index >= 15 is 0 Å². The van der Waals surface area contributed by atoms with E-state index in [1.54, 1.807) is 0 Å². The van der Waals surface area contributed by atoms with Gasteiger partial charge in [-0.2, -0.15) is 0 Å². The Morgan fingerprint density at radius 3 is 3.00 bits per heavy atom. The van der Waals surface area contributed by atoms with Crippen molar-refractivity contribution in [2.24, 2.45) is 13.0 Å². The normalized spacial score (nSPS) is 19.7. The molecule has 1 aromatic rings. The summed E-state index contributed by atoms with van der Waals surface area (Å²) in [4.78, 5) is 25.2. The molecule has 1 aliphatic rings. The predicted molar refractivity (Wildman–Crippen MR) is 68.7 cm³/mol. The number of aromatic nitrogens is 2. The second-order valence-electron chi connectivity index (χ2n) is 4.54. The molecule has 18 heavy (non-hydrogen) atoms. The van der Waals surface area contributed by atoms with Crippen molar-refractivity contribution in [2.75, 3.05) is 30.8 Å². The minimum atomic E-state index is -0.510. The highest BCUT2D eigenvalue weighted by Crippen LogP contribution is 2.15. The van der Waals surface area contributed by atoms with Crippen LogP contribution in [0.3, 0.4) is 0 Å². The van der Waals surface area contributed by atoms with Crippen LogP contribution in [-0.4, -0.2) is 29.3 Å². The SMILES string of the molecule is Cn1c(N)c(NCC2CCCOC2)c(=O)[nH]c1=O. The molecule has 1 aliphatic heterocycles. The number of anilines is 2. The van der Waals surface area contributed by atoms with Gasteiger partial charge in [0, 0.05) is 20.2 Å². The summed E-state index contributed by atoms with van der Waals surface area (Å²) in [5.74, 6) is 0.523. The van der Waals surface area contributed by atoms with Crippen molar-refractivity contribution in [1.29, 1.82) is 0 Å². The number of nitrogen functional groups attached to an aromatic ring is 1. The number of rotatable bonds is 3. The Bertz CT molecular complexity index is 528. The van der Waals surface area contributed by atoms with Crippen LogP contribution in [0.5, 0.6) is 0 Å². The minimum Gasteiger partial charge on any atom is -0.383 e. The Balaban J connectivity index is 2.11. The molecule has 0 aliphatic carbocycles. The molecule has 0 bridgehead atoms. The average molecular weight is 254 g/mol. The third-order valence-electron chi connectivity index (χ3n) is 3.19. The Labute approximate surface area is 104 Å². The molecular weight excluding hydrogens is 236 g/mol. The summed E-state index contributed by atoms with van der Waals surface area (Å²) in [6.07, 6.45) is 2.10. The van der Waals surface area contributed by atoms with E-state index < -0.39 is 11.2 Å². The van der Waals surface area contributed by atoms with Crippen molar-refractivity contribution in [3.8, 4) is 0 Å². The number of aromatic amines is 1. The van der Waals surface area contributed by atoms with Gasteiger partial charge in [0.1, 0.15) is 11.5 Å². The molecule has 1 unspecified atom stereocenters. The van der Waals surface area contributed by atoms with Crippen molar-refractivity contribution in [1.82, 2.24) is 9.55 Å². The van der Waals surface area contributed by atoms with Crippen molar-refractivity contribution in [2.45, 2.75) is 12.8 Å². The zero-order valence-corrected chi connectivity index (χ0v) is 10.4. The van der Waals surface area contributed by atoms with Gasteiger partial charge >= 0.3 is 5.69 Å². The highest BCUT2D eigenvalue weighted by molar-refractivity contribution is 5.60. The topological polar surface area (TPSA) is 102 Å². The quantitative estimate of drug-likeness (QED) is 0.674. The molecule has 4 N–H and O–H groups in total. The highest BCUT2D eigenvalue weighted by Gasteiger charge is 2.16. The summed E-state index contributed by atoms with van der Waals surface area (Å²) >= 11 is 0. The number of hydrogen-bond donors (Lipinski definition) is 3. The van der Waals surface area contributed by atoms with Crippen LogP contribution in [-0.2, 0) is 11.8 Å². The van der Waals surface area contributed by atoms with Gasteiger partial charge in [0.2, 0.25) is 0 Å². The van der Waals surface area contributed by atoms with E-state index in [0.717, 1.165) is 19.4 Å². The van der Waals surface area contributed by atoms with Crippen LogP contribution < -0.4 is 22.3 Å². The Morgan fingerprint density at radius 1 is 1.56 bits per heavy atom. The molecule has 1 saturated heterocycles. The van der Waals surface area contributed by atoms with Crippen LogP contribution in [0, 0.1) is 5.92 Å². The zero-order chi connectivity index (χ0) is 13.1. The second-order valence-corrected chi connectivity index (χ2v) is 4.54. The standard InChI is InChI=1S/C11H18N4O3/c1-15-9(12)8(10(16)14-11(15)17)13-5-7-3-2-4-18-6-7/h7,13H,2-6,12H2,1H3,(H,14,16,17). The fourth-order valence-corrected chi connectivity index (χ4v) is 2.02. The van der Waals surface area contributed by atoms with Crippen LogP contribution in [0.1, 0.15) is 12.8 Å². The van der Waals surface area contributed by atoms with Gasteiger partial charge in [0.25, 0.3) is 5.56 Å². The maximum Gasteiger partial charge on any atom is 0.329 e. The summed E-state index contributed by atoms with van der Waals surface area (Å²) in [6, 6.07) is 0. The summed E-state index contributed by atoms with van der Waals surface area (Å²) < 4.78 is 6.57. The lowest BCUT2D eigenvalue weighted by molar-refractivity contribution is 0.0595. The molecule has 2 heterocycles. The fourth-order valence-electron chi connectivity index (χ4n) is 2.02. The molecule has 7 heteroatoms. The summed E-state index contributed by atoms with van der Waals surface area (Å²) in [7, 11) is 1.52. The summed E-state index contributed by atoms with van der Waals surface area (Å²) in [5.41, 5.74) is 5.01. The first-order chi connectivity index (χ1) is 8.59. The molecule has 0 saturated carbocycles. The maximum atomic E-state index is 11.6. The van der Waals surface area contributed by atoms with Crippen molar-refractivity contribution in [3.05, 3.63) is 20.8 Å². The summed E-state index contributed by atoms with van der Waals surface area (Å²) in [5, 5.41) is 3.01. The Kier molecular flexibility index (Phi) is 3.71. The molecular formula is C11H18N4O3. The van der Waals surface area contributed by atoms with E-state index in [1.165, 1.54) is 11.6 Å². The molecule has 2 rings (SSSR count). The van der Waals surface area contributed by atoms with E-state index in [9.17, 15) is 9.59 Å². The predicted octanol–water partition coefficient (Wildman–Crippen LogP) is -0.506. The third-order valence-corrected chi connectivity index (χ3v) is 3.19. The molecule has 7 nitrogen and oxygen atoms in total. The molecule has 1 atom stereocenters. The lowest BCUT2D eigenvalue weighted by Crippen LogP contribution is -2.34. The molecule has 1 fully saturated rings. The highest BCUT2D eigenvalue weighted by atomic mass is 16.5. The number of nitrogens with one attached hydrogen (secondary N) is 2. The number of ether oxygens (including phenoxy) is 1. The Morgan fingerprint density at radius 2 is 2.33 bits per heavy atom. The van der Waals surface area contributed by atoms with Gasteiger partial charge in [0.05, 0.1) is 6.61 Å². The van der Waals surface area contributed by atoms with Gasteiger partial charge in [-0.1, -0.05) is 0 Å². The van der Waals surface area contributed by atoms with Crippen molar-refractivity contribution < 1.29 is 4.74 Å². The number of nitrogens with zero attached hydrogens (tertiary/aromatic N) is 1. The first-order valence-corrected chi connectivity index (χ1v) is 6.00. The maximum absolute atomic E-state index is 11.6.